The topological polar surface area (TPSA) is 18.5 Å². The van der Waals surface area contributed by atoms with Crippen LogP contribution in [0.1, 0.15) is 25.7 Å². The Morgan fingerprint density at radius 3 is 2.69 bits per heavy atom. The molecule has 0 aromatic heterocycles. The third-order valence-electron chi connectivity index (χ3n) is 3.42. The standard InChI is InChI=1S/C12H25N3S/c1-2-7-14(8-3-1)9-4-10-15-11-5-13-6-12-16-15/h13H,1-12H2. The second-order valence-corrected chi connectivity index (χ2v) is 5.95. The van der Waals surface area contributed by atoms with Gasteiger partial charge in [-0.25, -0.2) is 4.31 Å². The van der Waals surface area contributed by atoms with E-state index < -0.39 is 0 Å². The molecule has 0 atom stereocenters. The zero-order chi connectivity index (χ0) is 11.1. The van der Waals surface area contributed by atoms with Crippen LogP contribution in [0.2, 0.25) is 0 Å². The van der Waals surface area contributed by atoms with Gasteiger partial charge in [0.25, 0.3) is 0 Å². The average Bonchev–Trinajstić information content (AvgIpc) is 2.59. The van der Waals surface area contributed by atoms with Crippen molar-refractivity contribution in [3.63, 3.8) is 0 Å². The highest BCUT2D eigenvalue weighted by atomic mass is 32.2. The molecule has 0 saturated carbocycles. The summed E-state index contributed by atoms with van der Waals surface area (Å²) in [5, 5.41) is 3.44. The minimum absolute atomic E-state index is 1.16. The molecule has 2 saturated heterocycles. The second kappa shape index (κ2) is 7.54. The molecule has 2 aliphatic heterocycles. The molecule has 1 N–H and O–H groups in total. The smallest absolute Gasteiger partial charge is 0.0215 e. The first-order chi connectivity index (χ1) is 7.95. The van der Waals surface area contributed by atoms with E-state index in [1.807, 2.05) is 11.9 Å². The van der Waals surface area contributed by atoms with Gasteiger partial charge in [0.15, 0.2) is 0 Å². The number of hydrogen-bond acceptors (Lipinski definition) is 4. The van der Waals surface area contributed by atoms with E-state index >= 15 is 0 Å². The van der Waals surface area contributed by atoms with E-state index in [1.165, 1.54) is 70.7 Å². The third-order valence-corrected chi connectivity index (χ3v) is 4.54. The fourth-order valence-electron chi connectivity index (χ4n) is 2.47. The predicted octanol–water partition coefficient (Wildman–Crippen LogP) is 1.42. The van der Waals surface area contributed by atoms with Gasteiger partial charge in [0.1, 0.15) is 0 Å². The molecule has 2 fully saturated rings. The van der Waals surface area contributed by atoms with Crippen LogP contribution in [0.3, 0.4) is 0 Å². The lowest BCUT2D eigenvalue weighted by atomic mass is 10.1. The summed E-state index contributed by atoms with van der Waals surface area (Å²) in [6.45, 7) is 8.81. The van der Waals surface area contributed by atoms with Gasteiger partial charge in [-0.05, 0) is 38.9 Å². The summed E-state index contributed by atoms with van der Waals surface area (Å²) in [6, 6.07) is 0. The summed E-state index contributed by atoms with van der Waals surface area (Å²) in [6.07, 6.45) is 5.63. The Balaban J connectivity index is 1.55. The van der Waals surface area contributed by atoms with E-state index in [0.717, 1.165) is 6.54 Å². The van der Waals surface area contributed by atoms with Crippen molar-refractivity contribution in [2.75, 3.05) is 51.6 Å². The van der Waals surface area contributed by atoms with Crippen molar-refractivity contribution in [2.24, 2.45) is 0 Å². The van der Waals surface area contributed by atoms with Gasteiger partial charge in [-0.1, -0.05) is 18.4 Å². The van der Waals surface area contributed by atoms with Crippen molar-refractivity contribution in [1.29, 1.82) is 0 Å². The quantitative estimate of drug-likeness (QED) is 0.752. The molecule has 2 rings (SSSR count). The SMILES string of the molecule is C1CCN(CCCN2CCNCCS2)CC1. The molecule has 0 amide bonds. The molecule has 0 spiro atoms. The third kappa shape index (κ3) is 4.62. The van der Waals surface area contributed by atoms with Crippen LogP contribution >= 0.6 is 11.9 Å². The lowest BCUT2D eigenvalue weighted by Crippen LogP contribution is -2.32. The lowest BCUT2D eigenvalue weighted by molar-refractivity contribution is 0.221. The number of hydrogen-bond donors (Lipinski definition) is 1. The Hall–Kier alpha value is 0.230. The number of nitrogens with one attached hydrogen (secondary N) is 1. The van der Waals surface area contributed by atoms with Crippen LogP contribution in [0.15, 0.2) is 0 Å². The molecule has 16 heavy (non-hydrogen) atoms. The van der Waals surface area contributed by atoms with Crippen molar-refractivity contribution in [1.82, 2.24) is 14.5 Å². The minimum atomic E-state index is 1.16. The van der Waals surface area contributed by atoms with Crippen LogP contribution in [0.5, 0.6) is 0 Å². The molecule has 0 aromatic carbocycles. The number of likely N-dealkylation sites (tertiary alicyclic amines) is 1. The van der Waals surface area contributed by atoms with Gasteiger partial charge in [0.2, 0.25) is 0 Å². The number of nitrogens with zero attached hydrogens (tertiary/aromatic N) is 2. The molecule has 94 valence electrons. The van der Waals surface area contributed by atoms with Gasteiger partial charge in [-0.15, -0.1) is 0 Å². The Kier molecular flexibility index (Phi) is 5.97. The summed E-state index contributed by atoms with van der Waals surface area (Å²) < 4.78 is 2.55. The van der Waals surface area contributed by atoms with Gasteiger partial charge in [-0.3, -0.25) is 0 Å². The number of rotatable bonds is 4. The molecule has 0 aliphatic carbocycles. The first-order valence-corrected chi connectivity index (χ1v) is 7.70. The highest BCUT2D eigenvalue weighted by molar-refractivity contribution is 7.97. The fourth-order valence-corrected chi connectivity index (χ4v) is 3.44. The Bertz CT molecular complexity index is 175. The van der Waals surface area contributed by atoms with E-state index in [-0.39, 0.29) is 0 Å². The van der Waals surface area contributed by atoms with Gasteiger partial charge in [0, 0.05) is 31.9 Å². The van der Waals surface area contributed by atoms with E-state index in [9.17, 15) is 0 Å². The molecular weight excluding hydrogens is 218 g/mol. The van der Waals surface area contributed by atoms with E-state index in [1.54, 1.807) is 0 Å². The van der Waals surface area contributed by atoms with Crippen molar-refractivity contribution >= 4 is 11.9 Å². The second-order valence-electron chi connectivity index (χ2n) is 4.77. The highest BCUT2D eigenvalue weighted by Crippen LogP contribution is 2.13. The molecule has 2 aliphatic rings. The van der Waals surface area contributed by atoms with Gasteiger partial charge < -0.3 is 10.2 Å². The minimum Gasteiger partial charge on any atom is -0.315 e. The van der Waals surface area contributed by atoms with Crippen molar-refractivity contribution in [3.05, 3.63) is 0 Å². The monoisotopic (exact) mass is 243 g/mol. The Morgan fingerprint density at radius 1 is 0.938 bits per heavy atom. The van der Waals surface area contributed by atoms with Crippen LogP contribution in [0, 0.1) is 0 Å². The summed E-state index contributed by atoms with van der Waals surface area (Å²) in [4.78, 5) is 2.64. The maximum Gasteiger partial charge on any atom is 0.0215 e. The zero-order valence-corrected chi connectivity index (χ0v) is 11.1. The van der Waals surface area contributed by atoms with E-state index in [2.05, 4.69) is 14.5 Å². The van der Waals surface area contributed by atoms with Crippen molar-refractivity contribution in [3.8, 4) is 0 Å². The molecule has 0 unspecified atom stereocenters. The summed E-state index contributed by atoms with van der Waals surface area (Å²) >= 11 is 2.02. The van der Waals surface area contributed by atoms with E-state index in [0.29, 0.717) is 0 Å². The normalized spacial score (nSPS) is 25.5. The maximum atomic E-state index is 3.44. The van der Waals surface area contributed by atoms with Gasteiger partial charge in [0.05, 0.1) is 0 Å². The summed E-state index contributed by atoms with van der Waals surface area (Å²) in [7, 11) is 0. The lowest BCUT2D eigenvalue weighted by Gasteiger charge is -2.27. The molecule has 4 heteroatoms. The first-order valence-electron chi connectivity index (χ1n) is 6.76. The molecule has 0 aromatic rings. The van der Waals surface area contributed by atoms with Crippen LogP contribution in [-0.4, -0.2) is 60.8 Å². The van der Waals surface area contributed by atoms with Crippen LogP contribution < -0.4 is 5.32 Å². The van der Waals surface area contributed by atoms with Gasteiger partial charge in [-0.2, -0.15) is 0 Å². The zero-order valence-electron chi connectivity index (χ0n) is 10.3. The van der Waals surface area contributed by atoms with E-state index in [4.69, 9.17) is 0 Å². The molecule has 2 heterocycles. The number of piperidine rings is 1. The molecule has 0 bridgehead atoms. The summed E-state index contributed by atoms with van der Waals surface area (Å²) in [5.74, 6) is 1.24. The molecule has 0 radical (unpaired) electrons. The Labute approximate surface area is 104 Å². The predicted molar refractivity (Wildman–Crippen MR) is 71.8 cm³/mol. The van der Waals surface area contributed by atoms with Crippen molar-refractivity contribution < 1.29 is 0 Å². The molecular formula is C12H25N3S. The van der Waals surface area contributed by atoms with Crippen LogP contribution in [0.25, 0.3) is 0 Å². The molecule has 3 nitrogen and oxygen atoms in total. The highest BCUT2D eigenvalue weighted by Gasteiger charge is 2.12. The average molecular weight is 243 g/mol. The van der Waals surface area contributed by atoms with Crippen LogP contribution in [0.4, 0.5) is 0 Å². The van der Waals surface area contributed by atoms with Gasteiger partial charge >= 0.3 is 0 Å². The maximum absolute atomic E-state index is 3.44. The first kappa shape index (κ1) is 12.7. The largest absolute Gasteiger partial charge is 0.315 e. The Morgan fingerprint density at radius 2 is 1.81 bits per heavy atom. The van der Waals surface area contributed by atoms with Crippen molar-refractivity contribution in [2.45, 2.75) is 25.7 Å². The summed E-state index contributed by atoms with van der Waals surface area (Å²) in [5.41, 5.74) is 0. The fraction of sp³-hybridized carbons (Fsp3) is 1.00. The van der Waals surface area contributed by atoms with Crippen LogP contribution in [-0.2, 0) is 0 Å².